The van der Waals surface area contributed by atoms with E-state index in [0.717, 1.165) is 5.75 Å². The van der Waals surface area contributed by atoms with Crippen LogP contribution in [0.3, 0.4) is 0 Å². The van der Waals surface area contributed by atoms with Gasteiger partial charge in [0.1, 0.15) is 0 Å². The van der Waals surface area contributed by atoms with Gasteiger partial charge < -0.3 is 16.0 Å². The molecule has 0 aromatic carbocycles. The fraction of sp³-hybridized carbons (Fsp3) is 0.778. The van der Waals surface area contributed by atoms with Crippen LogP contribution in [0.2, 0.25) is 0 Å². The first kappa shape index (κ1) is 12.3. The first-order chi connectivity index (χ1) is 7.15. The van der Waals surface area contributed by atoms with E-state index in [1.165, 1.54) is 4.90 Å². The molecule has 0 saturated carbocycles. The van der Waals surface area contributed by atoms with Crippen LogP contribution in [0.1, 0.15) is 6.42 Å². The number of nitrogens with one attached hydrogen (secondary N) is 1. The van der Waals surface area contributed by atoms with E-state index in [4.69, 9.17) is 5.73 Å². The summed E-state index contributed by atoms with van der Waals surface area (Å²) in [6.45, 7) is 1.24. The standard InChI is InChI=1S/C9H17N3O2S/c1-15-5-2-7(10)9(14)12-4-3-11-8(13)6-12/h7H,2-6,10H2,1H3,(H,11,13). The van der Waals surface area contributed by atoms with Crippen molar-refractivity contribution in [3.63, 3.8) is 0 Å². The molecule has 0 spiro atoms. The molecule has 0 aromatic heterocycles. The minimum Gasteiger partial charge on any atom is -0.353 e. The van der Waals surface area contributed by atoms with E-state index in [1.54, 1.807) is 11.8 Å². The highest BCUT2D eigenvalue weighted by atomic mass is 32.2. The third kappa shape index (κ3) is 3.71. The van der Waals surface area contributed by atoms with Gasteiger partial charge in [-0.2, -0.15) is 11.8 Å². The van der Waals surface area contributed by atoms with E-state index >= 15 is 0 Å². The van der Waals surface area contributed by atoms with Gasteiger partial charge in [-0.15, -0.1) is 0 Å². The molecule has 5 nitrogen and oxygen atoms in total. The summed E-state index contributed by atoms with van der Waals surface area (Å²) in [7, 11) is 0. The van der Waals surface area contributed by atoms with Gasteiger partial charge in [-0.05, 0) is 18.4 Å². The predicted octanol–water partition coefficient (Wildman–Crippen LogP) is -0.975. The van der Waals surface area contributed by atoms with Gasteiger partial charge in [0.15, 0.2) is 0 Å². The van der Waals surface area contributed by atoms with E-state index in [-0.39, 0.29) is 18.4 Å². The Labute approximate surface area is 93.7 Å². The van der Waals surface area contributed by atoms with Crippen LogP contribution in [0.25, 0.3) is 0 Å². The molecule has 0 radical (unpaired) electrons. The number of rotatable bonds is 4. The lowest BCUT2D eigenvalue weighted by Gasteiger charge is -2.28. The van der Waals surface area contributed by atoms with E-state index in [2.05, 4.69) is 5.32 Å². The predicted molar refractivity (Wildman–Crippen MR) is 60.6 cm³/mol. The number of hydrogen-bond donors (Lipinski definition) is 2. The number of carbonyl (C=O) groups is 2. The maximum Gasteiger partial charge on any atom is 0.240 e. The van der Waals surface area contributed by atoms with Crippen molar-refractivity contribution in [1.82, 2.24) is 10.2 Å². The second-order valence-electron chi connectivity index (χ2n) is 3.50. The molecule has 1 unspecified atom stereocenters. The largest absolute Gasteiger partial charge is 0.353 e. The minimum atomic E-state index is -0.469. The average molecular weight is 231 g/mol. The topological polar surface area (TPSA) is 75.4 Å². The lowest BCUT2D eigenvalue weighted by Crippen LogP contribution is -2.54. The van der Waals surface area contributed by atoms with Crippen LogP contribution in [0.15, 0.2) is 0 Å². The maximum atomic E-state index is 11.8. The summed E-state index contributed by atoms with van der Waals surface area (Å²) < 4.78 is 0. The Bertz CT molecular complexity index is 248. The van der Waals surface area contributed by atoms with E-state index < -0.39 is 6.04 Å². The van der Waals surface area contributed by atoms with Gasteiger partial charge in [0.25, 0.3) is 0 Å². The number of piperazine rings is 1. The van der Waals surface area contributed by atoms with Crippen molar-refractivity contribution >= 4 is 23.6 Å². The molecule has 1 aliphatic rings. The van der Waals surface area contributed by atoms with Gasteiger partial charge in [0, 0.05) is 13.1 Å². The number of hydrogen-bond acceptors (Lipinski definition) is 4. The van der Waals surface area contributed by atoms with Crippen molar-refractivity contribution in [2.45, 2.75) is 12.5 Å². The molecule has 1 atom stereocenters. The van der Waals surface area contributed by atoms with Crippen molar-refractivity contribution in [2.24, 2.45) is 5.73 Å². The fourth-order valence-electron chi connectivity index (χ4n) is 1.43. The Morgan fingerprint density at radius 2 is 2.47 bits per heavy atom. The molecule has 6 heteroatoms. The van der Waals surface area contributed by atoms with E-state index in [9.17, 15) is 9.59 Å². The van der Waals surface area contributed by atoms with Crippen molar-refractivity contribution in [3.05, 3.63) is 0 Å². The van der Waals surface area contributed by atoms with E-state index in [1.807, 2.05) is 6.26 Å². The first-order valence-electron chi connectivity index (χ1n) is 4.95. The zero-order valence-corrected chi connectivity index (χ0v) is 9.68. The summed E-state index contributed by atoms with van der Waals surface area (Å²) in [6, 6.07) is -0.469. The van der Waals surface area contributed by atoms with Gasteiger partial charge in [-0.1, -0.05) is 0 Å². The van der Waals surface area contributed by atoms with Crippen LogP contribution < -0.4 is 11.1 Å². The first-order valence-corrected chi connectivity index (χ1v) is 6.34. The highest BCUT2D eigenvalue weighted by Gasteiger charge is 2.24. The molecule has 3 N–H and O–H groups in total. The summed E-state index contributed by atoms with van der Waals surface area (Å²) in [4.78, 5) is 24.4. The zero-order valence-electron chi connectivity index (χ0n) is 8.86. The molecule has 1 heterocycles. The van der Waals surface area contributed by atoms with Gasteiger partial charge in [-0.25, -0.2) is 0 Å². The van der Waals surface area contributed by atoms with Gasteiger partial charge in [0.05, 0.1) is 12.6 Å². The summed E-state index contributed by atoms with van der Waals surface area (Å²) in [5, 5.41) is 2.67. The second kappa shape index (κ2) is 5.97. The Morgan fingerprint density at radius 3 is 3.07 bits per heavy atom. The molecule has 1 fully saturated rings. The number of amides is 2. The van der Waals surface area contributed by atoms with Gasteiger partial charge >= 0.3 is 0 Å². The van der Waals surface area contributed by atoms with E-state index in [0.29, 0.717) is 19.5 Å². The van der Waals surface area contributed by atoms with Crippen LogP contribution in [0, 0.1) is 0 Å². The van der Waals surface area contributed by atoms with Crippen LogP contribution in [-0.2, 0) is 9.59 Å². The summed E-state index contributed by atoms with van der Waals surface area (Å²) in [5.41, 5.74) is 5.74. The molecular weight excluding hydrogens is 214 g/mol. The zero-order chi connectivity index (χ0) is 11.3. The minimum absolute atomic E-state index is 0.105. The molecule has 0 aromatic rings. The monoisotopic (exact) mass is 231 g/mol. The molecule has 1 aliphatic heterocycles. The molecule has 1 saturated heterocycles. The normalized spacial score (nSPS) is 18.5. The van der Waals surface area contributed by atoms with Crippen molar-refractivity contribution in [3.8, 4) is 0 Å². The van der Waals surface area contributed by atoms with Crippen molar-refractivity contribution < 1.29 is 9.59 Å². The SMILES string of the molecule is CSCCC(N)C(=O)N1CCNC(=O)C1. The van der Waals surface area contributed by atoms with Gasteiger partial charge in [-0.3, -0.25) is 9.59 Å². The number of nitrogens with zero attached hydrogens (tertiary/aromatic N) is 1. The lowest BCUT2D eigenvalue weighted by atomic mass is 10.2. The molecule has 1 rings (SSSR count). The Balaban J connectivity index is 2.40. The average Bonchev–Trinajstić information content (AvgIpc) is 2.24. The van der Waals surface area contributed by atoms with Crippen LogP contribution >= 0.6 is 11.8 Å². The van der Waals surface area contributed by atoms with Gasteiger partial charge in [0.2, 0.25) is 11.8 Å². The molecule has 15 heavy (non-hydrogen) atoms. The molecule has 86 valence electrons. The third-order valence-electron chi connectivity index (χ3n) is 2.30. The summed E-state index contributed by atoms with van der Waals surface area (Å²) in [6.07, 6.45) is 2.64. The Kier molecular flexibility index (Phi) is 4.90. The molecule has 2 amide bonds. The van der Waals surface area contributed by atoms with Crippen molar-refractivity contribution in [1.29, 1.82) is 0 Å². The lowest BCUT2D eigenvalue weighted by molar-refractivity contribution is -0.139. The number of nitrogens with two attached hydrogens (primary N) is 1. The summed E-state index contributed by atoms with van der Waals surface area (Å²) >= 11 is 1.66. The van der Waals surface area contributed by atoms with Crippen molar-refractivity contribution in [2.75, 3.05) is 31.6 Å². The molecular formula is C9H17N3O2S. The van der Waals surface area contributed by atoms with Crippen LogP contribution in [-0.4, -0.2) is 54.4 Å². The number of carbonyl (C=O) groups excluding carboxylic acids is 2. The Hall–Kier alpha value is -0.750. The summed E-state index contributed by atoms with van der Waals surface area (Å²) in [5.74, 6) is 0.651. The maximum absolute atomic E-state index is 11.8. The highest BCUT2D eigenvalue weighted by Crippen LogP contribution is 2.03. The van der Waals surface area contributed by atoms with Crippen LogP contribution in [0.5, 0.6) is 0 Å². The van der Waals surface area contributed by atoms with Crippen LogP contribution in [0.4, 0.5) is 0 Å². The number of thioether (sulfide) groups is 1. The highest BCUT2D eigenvalue weighted by molar-refractivity contribution is 7.98. The quantitative estimate of drug-likeness (QED) is 0.652. The Morgan fingerprint density at radius 1 is 1.73 bits per heavy atom. The molecule has 0 aliphatic carbocycles. The second-order valence-corrected chi connectivity index (χ2v) is 4.48. The molecule has 0 bridgehead atoms. The third-order valence-corrected chi connectivity index (χ3v) is 2.94. The smallest absolute Gasteiger partial charge is 0.240 e. The fourth-order valence-corrected chi connectivity index (χ4v) is 1.92.